The van der Waals surface area contributed by atoms with E-state index < -0.39 is 5.97 Å². The van der Waals surface area contributed by atoms with E-state index >= 15 is 0 Å². The molecule has 140 valence electrons. The highest BCUT2D eigenvalue weighted by molar-refractivity contribution is 6.16. The summed E-state index contributed by atoms with van der Waals surface area (Å²) in [6.07, 6.45) is 17.0. The number of carbonyl (C=O) groups is 2. The summed E-state index contributed by atoms with van der Waals surface area (Å²) in [4.78, 5) is 23.1. The molecule has 0 saturated heterocycles. The SMILES string of the molecule is C=C(C(=O)CCCCCCCCCCCCCCC)C(=O)OCC. The number of hydrogen-bond donors (Lipinski definition) is 0. The van der Waals surface area contributed by atoms with Gasteiger partial charge in [-0.2, -0.15) is 0 Å². The second kappa shape index (κ2) is 16.7. The van der Waals surface area contributed by atoms with Gasteiger partial charge in [-0.15, -0.1) is 0 Å². The van der Waals surface area contributed by atoms with Crippen LogP contribution in [0, 0.1) is 0 Å². The monoisotopic (exact) mass is 338 g/mol. The smallest absolute Gasteiger partial charge is 0.341 e. The van der Waals surface area contributed by atoms with Crippen LogP contribution in [0.1, 0.15) is 104 Å². The van der Waals surface area contributed by atoms with Gasteiger partial charge >= 0.3 is 5.97 Å². The molecule has 0 aliphatic carbocycles. The normalized spacial score (nSPS) is 10.6. The fraction of sp³-hybridized carbons (Fsp3) is 0.810. The number of hydrogen-bond acceptors (Lipinski definition) is 3. The van der Waals surface area contributed by atoms with Gasteiger partial charge < -0.3 is 4.74 Å². The van der Waals surface area contributed by atoms with E-state index in [4.69, 9.17) is 4.74 Å². The minimum Gasteiger partial charge on any atom is -0.462 e. The van der Waals surface area contributed by atoms with Crippen LogP contribution in [-0.4, -0.2) is 18.4 Å². The average molecular weight is 339 g/mol. The molecule has 0 radical (unpaired) electrons. The Bertz CT molecular complexity index is 347. The second-order valence-electron chi connectivity index (χ2n) is 6.61. The lowest BCUT2D eigenvalue weighted by atomic mass is 10.0. The largest absolute Gasteiger partial charge is 0.462 e. The van der Waals surface area contributed by atoms with E-state index in [0.717, 1.165) is 12.8 Å². The Morgan fingerprint density at radius 1 is 0.708 bits per heavy atom. The first-order valence-corrected chi connectivity index (χ1v) is 10.0. The molecule has 0 aliphatic heterocycles. The third kappa shape index (κ3) is 13.3. The molecule has 0 aliphatic rings. The molecule has 3 heteroatoms. The van der Waals surface area contributed by atoms with Gasteiger partial charge in [-0.3, -0.25) is 4.79 Å². The van der Waals surface area contributed by atoms with Crippen molar-refractivity contribution in [2.24, 2.45) is 0 Å². The zero-order chi connectivity index (χ0) is 18.0. The molecular formula is C21H38O3. The van der Waals surface area contributed by atoms with E-state index in [9.17, 15) is 9.59 Å². The highest BCUT2D eigenvalue weighted by Crippen LogP contribution is 2.13. The fourth-order valence-corrected chi connectivity index (χ4v) is 2.79. The number of Topliss-reactive ketones (excluding diaryl/α,β-unsaturated/α-hetero) is 1. The van der Waals surface area contributed by atoms with Crippen LogP contribution in [0.4, 0.5) is 0 Å². The van der Waals surface area contributed by atoms with Crippen molar-refractivity contribution in [1.82, 2.24) is 0 Å². The summed E-state index contributed by atoms with van der Waals surface area (Å²) < 4.78 is 4.78. The van der Waals surface area contributed by atoms with Gasteiger partial charge in [0.2, 0.25) is 0 Å². The van der Waals surface area contributed by atoms with Crippen molar-refractivity contribution in [3.63, 3.8) is 0 Å². The molecule has 3 nitrogen and oxygen atoms in total. The van der Waals surface area contributed by atoms with Gasteiger partial charge in [0.25, 0.3) is 0 Å². The highest BCUT2D eigenvalue weighted by atomic mass is 16.5. The van der Waals surface area contributed by atoms with Crippen molar-refractivity contribution in [2.75, 3.05) is 6.61 Å². The zero-order valence-corrected chi connectivity index (χ0v) is 16.0. The summed E-state index contributed by atoms with van der Waals surface area (Å²) in [6, 6.07) is 0. The lowest BCUT2D eigenvalue weighted by Gasteiger charge is -2.05. The predicted molar refractivity (Wildman–Crippen MR) is 101 cm³/mol. The molecule has 0 aromatic heterocycles. The Morgan fingerprint density at radius 2 is 1.12 bits per heavy atom. The van der Waals surface area contributed by atoms with Gasteiger partial charge in [0.1, 0.15) is 0 Å². The van der Waals surface area contributed by atoms with E-state index in [1.165, 1.54) is 70.6 Å². The summed E-state index contributed by atoms with van der Waals surface area (Å²) in [7, 11) is 0. The molecule has 0 fully saturated rings. The number of ether oxygens (including phenoxy) is 1. The van der Waals surface area contributed by atoms with Crippen LogP contribution >= 0.6 is 0 Å². The number of unbranched alkanes of at least 4 members (excludes halogenated alkanes) is 12. The fourth-order valence-electron chi connectivity index (χ4n) is 2.79. The van der Waals surface area contributed by atoms with Gasteiger partial charge in [-0.1, -0.05) is 90.6 Å². The highest BCUT2D eigenvalue weighted by Gasteiger charge is 2.15. The third-order valence-electron chi connectivity index (χ3n) is 4.37. The topological polar surface area (TPSA) is 43.4 Å². The van der Waals surface area contributed by atoms with Crippen LogP contribution in [0.25, 0.3) is 0 Å². The molecule has 0 aromatic rings. The first-order valence-electron chi connectivity index (χ1n) is 10.0. The Morgan fingerprint density at radius 3 is 1.54 bits per heavy atom. The van der Waals surface area contributed by atoms with Crippen molar-refractivity contribution < 1.29 is 14.3 Å². The van der Waals surface area contributed by atoms with Crippen LogP contribution in [-0.2, 0) is 14.3 Å². The van der Waals surface area contributed by atoms with E-state index in [2.05, 4.69) is 13.5 Å². The zero-order valence-electron chi connectivity index (χ0n) is 16.0. The maximum Gasteiger partial charge on any atom is 0.341 e. The molecule has 0 spiro atoms. The predicted octanol–water partition coefficient (Wildman–Crippen LogP) is 6.16. The van der Waals surface area contributed by atoms with Crippen LogP contribution < -0.4 is 0 Å². The van der Waals surface area contributed by atoms with E-state index in [1.807, 2.05) is 0 Å². The van der Waals surface area contributed by atoms with Crippen molar-refractivity contribution in [1.29, 1.82) is 0 Å². The molecule has 0 atom stereocenters. The van der Waals surface area contributed by atoms with Crippen LogP contribution in [0.5, 0.6) is 0 Å². The Labute approximate surface area is 149 Å². The molecular weight excluding hydrogens is 300 g/mol. The van der Waals surface area contributed by atoms with Crippen molar-refractivity contribution in [3.05, 3.63) is 12.2 Å². The lowest BCUT2D eigenvalue weighted by molar-refractivity contribution is -0.140. The summed E-state index contributed by atoms with van der Waals surface area (Å²) in [6.45, 7) is 7.79. The quantitative estimate of drug-likeness (QED) is 0.105. The molecule has 0 heterocycles. The van der Waals surface area contributed by atoms with Gasteiger partial charge in [-0.05, 0) is 13.3 Å². The Kier molecular flexibility index (Phi) is 15.9. The van der Waals surface area contributed by atoms with Crippen LogP contribution in [0.3, 0.4) is 0 Å². The average Bonchev–Trinajstić information content (AvgIpc) is 2.58. The summed E-state index contributed by atoms with van der Waals surface area (Å²) >= 11 is 0. The molecule has 0 rings (SSSR count). The molecule has 0 unspecified atom stereocenters. The molecule has 24 heavy (non-hydrogen) atoms. The standard InChI is InChI=1S/C21H38O3/c1-4-6-7-8-9-10-11-12-13-14-15-16-17-18-20(22)19(3)21(23)24-5-2/h3-18H2,1-2H3. The second-order valence-corrected chi connectivity index (χ2v) is 6.61. The Balaban J connectivity index is 3.34. The van der Waals surface area contributed by atoms with E-state index in [0.29, 0.717) is 6.42 Å². The van der Waals surface area contributed by atoms with Gasteiger partial charge in [0.05, 0.1) is 12.2 Å². The molecule has 0 aromatic carbocycles. The van der Waals surface area contributed by atoms with Gasteiger partial charge in [0.15, 0.2) is 5.78 Å². The van der Waals surface area contributed by atoms with E-state index in [-0.39, 0.29) is 18.0 Å². The number of rotatable bonds is 17. The summed E-state index contributed by atoms with van der Waals surface area (Å²) in [5.74, 6) is -0.742. The number of ketones is 1. The first-order chi connectivity index (χ1) is 11.6. The minimum atomic E-state index is -0.572. The van der Waals surface area contributed by atoms with Gasteiger partial charge in [0, 0.05) is 6.42 Å². The lowest BCUT2D eigenvalue weighted by Crippen LogP contribution is -2.14. The van der Waals surface area contributed by atoms with Crippen molar-refractivity contribution >= 4 is 11.8 Å². The molecule has 0 amide bonds. The van der Waals surface area contributed by atoms with Crippen LogP contribution in [0.2, 0.25) is 0 Å². The summed E-state index contributed by atoms with van der Waals surface area (Å²) in [5.41, 5.74) is -0.00390. The maximum atomic E-state index is 11.8. The molecule has 0 bridgehead atoms. The molecule has 0 saturated carbocycles. The van der Waals surface area contributed by atoms with Crippen LogP contribution in [0.15, 0.2) is 12.2 Å². The van der Waals surface area contributed by atoms with Gasteiger partial charge in [-0.25, -0.2) is 4.79 Å². The minimum absolute atomic E-state index is 0.00390. The van der Waals surface area contributed by atoms with Crippen molar-refractivity contribution in [3.8, 4) is 0 Å². The first kappa shape index (κ1) is 22.9. The van der Waals surface area contributed by atoms with Crippen molar-refractivity contribution in [2.45, 2.75) is 104 Å². The summed E-state index contributed by atoms with van der Waals surface area (Å²) in [5, 5.41) is 0. The third-order valence-corrected chi connectivity index (χ3v) is 4.37. The maximum absolute atomic E-state index is 11.8. The number of carbonyl (C=O) groups excluding carboxylic acids is 2. The Hall–Kier alpha value is -1.12. The van der Waals surface area contributed by atoms with E-state index in [1.54, 1.807) is 6.92 Å². The molecule has 0 N–H and O–H groups in total. The number of esters is 1.